The lowest BCUT2D eigenvalue weighted by atomic mass is 10.0. The Kier molecular flexibility index (Phi) is 7.09. The Morgan fingerprint density at radius 1 is 0.333 bits per heavy atom. The highest BCUT2D eigenvalue weighted by Gasteiger charge is 2.42. The maximum Gasteiger partial charge on any atom is 0.179 e. The summed E-state index contributed by atoms with van der Waals surface area (Å²) in [7, 11) is -2.83. The summed E-state index contributed by atoms with van der Waals surface area (Å²) >= 11 is 1.88. The van der Waals surface area contributed by atoms with Crippen molar-refractivity contribution in [3.8, 4) is 16.8 Å². The van der Waals surface area contributed by atoms with E-state index in [4.69, 9.17) is 0 Å². The van der Waals surface area contributed by atoms with Gasteiger partial charge in [-0.1, -0.05) is 164 Å². The number of nitrogens with zero attached hydrogens (tertiary/aromatic N) is 1. The molecule has 0 aliphatic heterocycles. The van der Waals surface area contributed by atoms with E-state index in [1.807, 2.05) is 11.3 Å². The van der Waals surface area contributed by atoms with Crippen LogP contribution in [-0.4, -0.2) is 12.6 Å². The van der Waals surface area contributed by atoms with Crippen molar-refractivity contribution in [3.63, 3.8) is 0 Å². The molecule has 1 nitrogen and oxygen atoms in total. The van der Waals surface area contributed by atoms with Crippen LogP contribution in [0.25, 0.3) is 58.8 Å². The van der Waals surface area contributed by atoms with Gasteiger partial charge in [0.15, 0.2) is 8.07 Å². The third-order valence-corrected chi connectivity index (χ3v) is 16.4. The molecule has 2 aromatic heterocycles. The van der Waals surface area contributed by atoms with E-state index in [-0.39, 0.29) is 0 Å². The molecule has 0 fully saturated rings. The van der Waals surface area contributed by atoms with Gasteiger partial charge in [-0.15, -0.1) is 11.3 Å². The summed E-state index contributed by atoms with van der Waals surface area (Å²) in [6, 6.07) is 74.6. The van der Waals surface area contributed by atoms with Crippen molar-refractivity contribution in [3.05, 3.63) is 200 Å². The fourth-order valence-electron chi connectivity index (χ4n) is 8.28. The van der Waals surface area contributed by atoms with Crippen LogP contribution < -0.4 is 20.7 Å². The molecule has 3 heteroatoms. The van der Waals surface area contributed by atoms with Crippen molar-refractivity contribution >= 4 is 82.1 Å². The molecule has 240 valence electrons. The normalized spacial score (nSPS) is 11.9. The lowest BCUT2D eigenvalue weighted by Crippen LogP contribution is -2.74. The van der Waals surface area contributed by atoms with Gasteiger partial charge in [0, 0.05) is 36.6 Å². The van der Waals surface area contributed by atoms with Crippen molar-refractivity contribution in [2.24, 2.45) is 0 Å². The summed E-state index contributed by atoms with van der Waals surface area (Å²) in [5.74, 6) is 0. The summed E-state index contributed by atoms with van der Waals surface area (Å²) in [5.41, 5.74) is 6.12. The zero-order valence-corrected chi connectivity index (χ0v) is 29.7. The van der Waals surface area contributed by atoms with Gasteiger partial charge >= 0.3 is 0 Å². The fraction of sp³-hybridized carbons (Fsp3) is 0. The highest BCUT2D eigenvalue weighted by Crippen LogP contribution is 2.36. The van der Waals surface area contributed by atoms with Gasteiger partial charge in [-0.3, -0.25) is 0 Å². The van der Waals surface area contributed by atoms with Crippen LogP contribution in [0.2, 0.25) is 0 Å². The summed E-state index contributed by atoms with van der Waals surface area (Å²) in [5, 5.41) is 10.7. The standard InChI is InChI=1S/C48H33NSSi/c1-4-16-36(17-5-1)49-45-25-12-10-23-41(45)44-33-40(28-30-46(44)49)51(37-18-6-2-7-19-37,38-20-8-3-9-21-38)39-22-14-15-34(31-39)35-27-29-43-42-24-11-13-26-47(42)50-48(43)32-35/h1-33H. The van der Waals surface area contributed by atoms with Gasteiger partial charge in [0.1, 0.15) is 0 Å². The van der Waals surface area contributed by atoms with Gasteiger partial charge in [-0.2, -0.15) is 0 Å². The van der Waals surface area contributed by atoms with Crippen LogP contribution in [0.1, 0.15) is 0 Å². The van der Waals surface area contributed by atoms with Crippen LogP contribution in [0, 0.1) is 0 Å². The molecular formula is C48H33NSSi. The van der Waals surface area contributed by atoms with E-state index in [2.05, 4.69) is 205 Å². The maximum atomic E-state index is 2.51. The van der Waals surface area contributed by atoms with Gasteiger partial charge in [0.2, 0.25) is 0 Å². The molecule has 51 heavy (non-hydrogen) atoms. The second kappa shape index (κ2) is 12.1. The minimum Gasteiger partial charge on any atom is -0.309 e. The summed E-state index contributed by atoms with van der Waals surface area (Å²) < 4.78 is 5.07. The van der Waals surface area contributed by atoms with E-state index in [9.17, 15) is 0 Å². The Labute approximate surface area is 302 Å². The molecule has 0 N–H and O–H groups in total. The molecule has 0 saturated heterocycles. The summed E-state index contributed by atoms with van der Waals surface area (Å²) in [4.78, 5) is 0. The number of rotatable bonds is 6. The van der Waals surface area contributed by atoms with E-state index in [1.165, 1.54) is 79.5 Å². The van der Waals surface area contributed by atoms with E-state index < -0.39 is 8.07 Å². The van der Waals surface area contributed by atoms with Crippen molar-refractivity contribution in [2.75, 3.05) is 0 Å². The van der Waals surface area contributed by atoms with E-state index in [0.29, 0.717) is 0 Å². The smallest absolute Gasteiger partial charge is 0.179 e. The number of fused-ring (bicyclic) bond motifs is 6. The number of aromatic nitrogens is 1. The van der Waals surface area contributed by atoms with Gasteiger partial charge in [-0.25, -0.2) is 0 Å². The van der Waals surface area contributed by atoms with Crippen LogP contribution in [0.3, 0.4) is 0 Å². The van der Waals surface area contributed by atoms with Crippen molar-refractivity contribution in [1.29, 1.82) is 0 Å². The molecule has 0 amide bonds. The summed E-state index contributed by atoms with van der Waals surface area (Å²) in [6.07, 6.45) is 0. The number of benzene rings is 8. The lowest BCUT2D eigenvalue weighted by molar-refractivity contribution is 1.18. The Hall–Kier alpha value is -6.00. The Bertz CT molecular complexity index is 2810. The fourth-order valence-corrected chi connectivity index (χ4v) is 14.2. The van der Waals surface area contributed by atoms with Crippen molar-refractivity contribution < 1.29 is 0 Å². The molecule has 10 aromatic rings. The second-order valence-corrected chi connectivity index (χ2v) is 18.2. The van der Waals surface area contributed by atoms with Gasteiger partial charge in [0.25, 0.3) is 0 Å². The predicted octanol–water partition coefficient (Wildman–Crippen LogP) is 10.2. The first-order valence-corrected chi connectivity index (χ1v) is 20.3. The predicted molar refractivity (Wildman–Crippen MR) is 223 cm³/mol. The zero-order chi connectivity index (χ0) is 33.8. The maximum absolute atomic E-state index is 2.83. The van der Waals surface area contributed by atoms with Gasteiger partial charge in [-0.05, 0) is 68.3 Å². The molecule has 0 atom stereocenters. The third kappa shape index (κ3) is 4.74. The largest absolute Gasteiger partial charge is 0.309 e. The first-order chi connectivity index (χ1) is 25.3. The van der Waals surface area contributed by atoms with Crippen LogP contribution in [0.15, 0.2) is 200 Å². The number of para-hydroxylation sites is 2. The Morgan fingerprint density at radius 3 is 1.67 bits per heavy atom. The molecule has 8 aromatic carbocycles. The van der Waals surface area contributed by atoms with E-state index in [1.54, 1.807) is 0 Å². The molecular weight excluding hydrogens is 651 g/mol. The molecule has 2 heterocycles. The molecule has 0 saturated carbocycles. The minimum atomic E-state index is -2.83. The van der Waals surface area contributed by atoms with Crippen LogP contribution >= 0.6 is 11.3 Å². The minimum absolute atomic E-state index is 1.18. The first-order valence-electron chi connectivity index (χ1n) is 17.5. The molecule has 0 spiro atoms. The average Bonchev–Trinajstić information content (AvgIpc) is 3.75. The summed E-state index contributed by atoms with van der Waals surface area (Å²) in [6.45, 7) is 0. The van der Waals surface area contributed by atoms with Gasteiger partial charge < -0.3 is 4.57 Å². The van der Waals surface area contributed by atoms with Crippen LogP contribution in [0.5, 0.6) is 0 Å². The lowest BCUT2D eigenvalue weighted by Gasteiger charge is -2.35. The highest BCUT2D eigenvalue weighted by atomic mass is 32.1. The van der Waals surface area contributed by atoms with Crippen LogP contribution in [-0.2, 0) is 0 Å². The topological polar surface area (TPSA) is 4.93 Å². The van der Waals surface area contributed by atoms with Crippen molar-refractivity contribution in [2.45, 2.75) is 0 Å². The number of hydrogen-bond acceptors (Lipinski definition) is 1. The average molecular weight is 684 g/mol. The quantitative estimate of drug-likeness (QED) is 0.121. The Morgan fingerprint density at radius 2 is 0.902 bits per heavy atom. The molecule has 0 bridgehead atoms. The second-order valence-electron chi connectivity index (χ2n) is 13.3. The van der Waals surface area contributed by atoms with E-state index >= 15 is 0 Å². The number of thiophene rings is 1. The molecule has 0 unspecified atom stereocenters. The monoisotopic (exact) mass is 683 g/mol. The molecule has 10 rings (SSSR count). The van der Waals surface area contributed by atoms with Crippen molar-refractivity contribution in [1.82, 2.24) is 4.57 Å². The van der Waals surface area contributed by atoms with Crippen LogP contribution in [0.4, 0.5) is 0 Å². The SMILES string of the molecule is c1ccc(-n2c3ccccc3c3cc([Si](c4ccccc4)(c4ccccc4)c4cccc(-c5ccc6c(c5)sc5ccccc56)c4)ccc32)cc1. The Balaban J connectivity index is 1.25. The third-order valence-electron chi connectivity index (χ3n) is 10.5. The highest BCUT2D eigenvalue weighted by molar-refractivity contribution is 7.25. The van der Waals surface area contributed by atoms with Gasteiger partial charge in [0.05, 0.1) is 11.0 Å². The first kappa shape index (κ1) is 29.9. The number of hydrogen-bond donors (Lipinski definition) is 0. The molecule has 0 aliphatic rings. The van der Waals surface area contributed by atoms with E-state index in [0.717, 1.165) is 0 Å². The zero-order valence-electron chi connectivity index (χ0n) is 27.9. The molecule has 0 aliphatic carbocycles. The molecule has 0 radical (unpaired) electrons.